The molecule has 4 aromatic rings. The van der Waals surface area contributed by atoms with Crippen molar-refractivity contribution in [1.29, 1.82) is 0 Å². The minimum atomic E-state index is -0.221. The van der Waals surface area contributed by atoms with Gasteiger partial charge in [-0.05, 0) is 24.6 Å². The Bertz CT molecular complexity index is 1430. The smallest absolute Gasteiger partial charge is 0.275 e. The van der Waals surface area contributed by atoms with Crippen LogP contribution in [-0.2, 0) is 11.3 Å². The summed E-state index contributed by atoms with van der Waals surface area (Å²) in [5.74, 6) is 0.704. The van der Waals surface area contributed by atoms with Crippen molar-refractivity contribution in [3.8, 4) is 16.3 Å². The Morgan fingerprint density at radius 1 is 1.09 bits per heavy atom. The molecule has 35 heavy (non-hydrogen) atoms. The number of halogens is 1. The van der Waals surface area contributed by atoms with Gasteiger partial charge in [0.2, 0.25) is 4.96 Å². The van der Waals surface area contributed by atoms with E-state index in [1.807, 2.05) is 54.3 Å². The van der Waals surface area contributed by atoms with Crippen LogP contribution in [0.1, 0.15) is 11.3 Å². The number of rotatable bonds is 6. The first-order valence-electron chi connectivity index (χ1n) is 11.3. The second kappa shape index (κ2) is 10.2. The van der Waals surface area contributed by atoms with Crippen LogP contribution < -0.4 is 10.3 Å². The van der Waals surface area contributed by atoms with Gasteiger partial charge in [0.15, 0.2) is 6.61 Å². The van der Waals surface area contributed by atoms with Gasteiger partial charge in [0.1, 0.15) is 10.8 Å². The molecule has 0 N–H and O–H groups in total. The number of hydrogen-bond donors (Lipinski definition) is 0. The second-order valence-corrected chi connectivity index (χ2v) is 9.74. The molecule has 2 aromatic carbocycles. The minimum Gasteiger partial charge on any atom is -0.484 e. The van der Waals surface area contributed by atoms with Crippen LogP contribution in [0.25, 0.3) is 15.5 Å². The fraction of sp³-hybridized carbons (Fsp3) is 0.280. The van der Waals surface area contributed by atoms with Crippen molar-refractivity contribution < 1.29 is 9.53 Å². The van der Waals surface area contributed by atoms with E-state index in [1.54, 1.807) is 6.07 Å². The number of para-hydroxylation sites is 1. The Balaban J connectivity index is 1.20. The molecule has 0 saturated carbocycles. The van der Waals surface area contributed by atoms with Crippen LogP contribution in [0, 0.1) is 6.92 Å². The van der Waals surface area contributed by atoms with E-state index in [2.05, 4.69) is 15.0 Å². The third kappa shape index (κ3) is 5.22. The van der Waals surface area contributed by atoms with Crippen LogP contribution in [0.5, 0.6) is 5.75 Å². The zero-order valence-electron chi connectivity index (χ0n) is 19.2. The molecule has 1 saturated heterocycles. The van der Waals surface area contributed by atoms with Crippen LogP contribution in [0.15, 0.2) is 59.4 Å². The van der Waals surface area contributed by atoms with E-state index < -0.39 is 0 Å². The van der Waals surface area contributed by atoms with E-state index in [4.69, 9.17) is 16.3 Å². The molecule has 10 heteroatoms. The average molecular weight is 510 g/mol. The van der Waals surface area contributed by atoms with Crippen molar-refractivity contribution in [1.82, 2.24) is 24.4 Å². The van der Waals surface area contributed by atoms with Crippen LogP contribution in [-0.4, -0.2) is 63.1 Å². The number of fused-ring (bicyclic) bond motifs is 1. The van der Waals surface area contributed by atoms with Crippen LogP contribution in [0.2, 0.25) is 5.02 Å². The summed E-state index contributed by atoms with van der Waals surface area (Å²) >= 11 is 7.63. The molecule has 3 heterocycles. The van der Waals surface area contributed by atoms with Gasteiger partial charge >= 0.3 is 0 Å². The molecule has 0 bridgehead atoms. The standard InChI is InChI=1S/C25H24ClN5O3S/c1-17-6-2-5-9-21(17)34-16-23(33)30-12-10-29(11-13-30)15-18-14-22(32)31-25(27-18)35-24(28-31)19-7-3-4-8-20(19)26/h2-9,14H,10-13,15-16H2,1H3. The van der Waals surface area contributed by atoms with Gasteiger partial charge in [0.05, 0.1) is 10.7 Å². The SMILES string of the molecule is Cc1ccccc1OCC(=O)N1CCN(Cc2cc(=O)n3nc(-c4ccccc4Cl)sc3n2)CC1. The molecule has 1 amide bonds. The van der Waals surface area contributed by atoms with E-state index in [0.717, 1.165) is 16.9 Å². The third-order valence-corrected chi connectivity index (χ3v) is 7.23. The number of carbonyl (C=O) groups excluding carboxylic acids is 1. The lowest BCUT2D eigenvalue weighted by Gasteiger charge is -2.34. The topological polar surface area (TPSA) is 80.0 Å². The van der Waals surface area contributed by atoms with Crippen LogP contribution >= 0.6 is 22.9 Å². The van der Waals surface area contributed by atoms with E-state index in [0.29, 0.717) is 53.4 Å². The van der Waals surface area contributed by atoms with E-state index in [9.17, 15) is 9.59 Å². The molecule has 0 atom stereocenters. The minimum absolute atomic E-state index is 0.0255. The number of aryl methyl sites for hydroxylation is 1. The lowest BCUT2D eigenvalue weighted by Crippen LogP contribution is -2.49. The number of amides is 1. The summed E-state index contributed by atoms with van der Waals surface area (Å²) in [6.45, 7) is 5.13. The lowest BCUT2D eigenvalue weighted by molar-refractivity contribution is -0.135. The molecule has 1 aliphatic rings. The maximum Gasteiger partial charge on any atom is 0.275 e. The molecule has 1 fully saturated rings. The molecule has 0 unspecified atom stereocenters. The predicted molar refractivity (Wildman–Crippen MR) is 136 cm³/mol. The van der Waals surface area contributed by atoms with Gasteiger partial charge in [-0.25, -0.2) is 4.98 Å². The van der Waals surface area contributed by atoms with Crippen LogP contribution in [0.3, 0.4) is 0 Å². The van der Waals surface area contributed by atoms with Crippen LogP contribution in [0.4, 0.5) is 0 Å². The van der Waals surface area contributed by atoms with Gasteiger partial charge in [0, 0.05) is 44.4 Å². The molecule has 2 aromatic heterocycles. The Morgan fingerprint density at radius 3 is 2.60 bits per heavy atom. The molecule has 0 spiro atoms. The normalized spacial score (nSPS) is 14.4. The van der Waals surface area contributed by atoms with E-state index in [-0.39, 0.29) is 18.1 Å². The monoisotopic (exact) mass is 509 g/mol. The number of ether oxygens (including phenoxy) is 1. The summed E-state index contributed by atoms with van der Waals surface area (Å²) in [4.78, 5) is 34.5. The summed E-state index contributed by atoms with van der Waals surface area (Å²) in [7, 11) is 0. The Kier molecular flexibility index (Phi) is 6.81. The van der Waals surface area contributed by atoms with Gasteiger partial charge in [-0.15, -0.1) is 0 Å². The van der Waals surface area contributed by atoms with E-state index in [1.165, 1.54) is 21.9 Å². The molecule has 0 aliphatic carbocycles. The highest BCUT2D eigenvalue weighted by atomic mass is 35.5. The van der Waals surface area contributed by atoms with Crippen molar-refractivity contribution in [3.63, 3.8) is 0 Å². The first kappa shape index (κ1) is 23.5. The lowest BCUT2D eigenvalue weighted by atomic mass is 10.2. The highest BCUT2D eigenvalue weighted by molar-refractivity contribution is 7.19. The second-order valence-electron chi connectivity index (χ2n) is 8.38. The maximum absolute atomic E-state index is 12.7. The number of aromatic nitrogens is 3. The highest BCUT2D eigenvalue weighted by Crippen LogP contribution is 2.30. The maximum atomic E-state index is 12.7. The summed E-state index contributed by atoms with van der Waals surface area (Å²) in [6, 6.07) is 16.6. The number of carbonyl (C=O) groups is 1. The third-order valence-electron chi connectivity index (χ3n) is 5.96. The van der Waals surface area contributed by atoms with Gasteiger partial charge in [0.25, 0.3) is 11.5 Å². The number of benzene rings is 2. The summed E-state index contributed by atoms with van der Waals surface area (Å²) < 4.78 is 7.02. The predicted octanol–water partition coefficient (Wildman–Crippen LogP) is 3.50. The molecule has 180 valence electrons. The summed E-state index contributed by atoms with van der Waals surface area (Å²) in [6.07, 6.45) is 0. The number of piperazine rings is 1. The van der Waals surface area contributed by atoms with Gasteiger partial charge in [-0.2, -0.15) is 9.61 Å². The fourth-order valence-electron chi connectivity index (χ4n) is 4.01. The molecule has 0 radical (unpaired) electrons. The van der Waals surface area contributed by atoms with Gasteiger partial charge in [-0.3, -0.25) is 14.5 Å². The zero-order chi connectivity index (χ0) is 24.4. The first-order chi connectivity index (χ1) is 17.0. The van der Waals surface area contributed by atoms with Crippen molar-refractivity contribution in [2.75, 3.05) is 32.8 Å². The van der Waals surface area contributed by atoms with Crippen molar-refractivity contribution >= 4 is 33.8 Å². The van der Waals surface area contributed by atoms with Gasteiger partial charge in [-0.1, -0.05) is 59.3 Å². The fourth-order valence-corrected chi connectivity index (χ4v) is 5.26. The number of nitrogens with zero attached hydrogens (tertiary/aromatic N) is 5. The first-order valence-corrected chi connectivity index (χ1v) is 12.5. The van der Waals surface area contributed by atoms with Crippen molar-refractivity contribution in [3.05, 3.63) is 81.2 Å². The van der Waals surface area contributed by atoms with Crippen molar-refractivity contribution in [2.24, 2.45) is 0 Å². The zero-order valence-corrected chi connectivity index (χ0v) is 20.8. The average Bonchev–Trinajstić information content (AvgIpc) is 3.29. The van der Waals surface area contributed by atoms with Crippen molar-refractivity contribution in [2.45, 2.75) is 13.5 Å². The van der Waals surface area contributed by atoms with E-state index >= 15 is 0 Å². The Morgan fingerprint density at radius 2 is 1.83 bits per heavy atom. The Labute approximate surface area is 211 Å². The van der Waals surface area contributed by atoms with Gasteiger partial charge < -0.3 is 9.64 Å². The number of hydrogen-bond acceptors (Lipinski definition) is 7. The molecule has 8 nitrogen and oxygen atoms in total. The summed E-state index contributed by atoms with van der Waals surface area (Å²) in [5, 5.41) is 5.64. The largest absolute Gasteiger partial charge is 0.484 e. The molecule has 1 aliphatic heterocycles. The summed E-state index contributed by atoms with van der Waals surface area (Å²) in [5.41, 5.74) is 2.25. The quantitative estimate of drug-likeness (QED) is 0.396. The molecular formula is C25H24ClN5O3S. The Hall–Kier alpha value is -3.27. The molecular weight excluding hydrogens is 486 g/mol. The molecule has 5 rings (SSSR count). The highest BCUT2D eigenvalue weighted by Gasteiger charge is 2.22.